The van der Waals surface area contributed by atoms with Gasteiger partial charge in [0.1, 0.15) is 10.3 Å². The van der Waals surface area contributed by atoms with E-state index in [0.29, 0.717) is 0 Å². The van der Waals surface area contributed by atoms with E-state index in [1.807, 2.05) is 237 Å². The predicted molar refractivity (Wildman–Crippen MR) is 405 cm³/mol. The predicted octanol–water partition coefficient (Wildman–Crippen LogP) is 5.43. The molecule has 0 fully saturated rings. The minimum absolute atomic E-state index is 0.887. The summed E-state index contributed by atoms with van der Waals surface area (Å²) in [5, 5.41) is 2.46. The van der Waals surface area contributed by atoms with Gasteiger partial charge >= 0.3 is 0 Å². The van der Waals surface area contributed by atoms with E-state index in [1.165, 1.54) is 45.4 Å². The van der Waals surface area contributed by atoms with Gasteiger partial charge in [0.05, 0.1) is 5.69 Å². The number of rotatable bonds is 1. The highest BCUT2D eigenvalue weighted by atomic mass is 79.9. The summed E-state index contributed by atoms with van der Waals surface area (Å²) in [4.78, 5) is 4.80. The lowest BCUT2D eigenvalue weighted by Gasteiger charge is -2.12. The standard InChI is InChI=1S/C19H15BrN2.S42/c1-12-13(2)22-17(14-8-4-3-5-9-14)18(20)21-19(22)16-11-7-6-10-15(12)16;1-3-5-7-9-11-13-15-17-19-21-23-25-27-29-31-33-35-37-39-41-42-40-38-36-34-32-30-28-26-24-22-20-18-16-14-12-10-8-6-4-2/h3-11H,1-2H3;. The third-order valence-corrected chi connectivity index (χ3v) is 92.6. The Labute approximate surface area is 502 Å². The van der Waals surface area contributed by atoms with Crippen LogP contribution in [-0.2, 0) is 378 Å². The van der Waals surface area contributed by atoms with Crippen LogP contribution >= 0.6 is 15.9 Å². The van der Waals surface area contributed by atoms with E-state index < -0.39 is 0 Å². The normalized spacial score (nSPS) is 8.98. The van der Waals surface area contributed by atoms with Crippen molar-refractivity contribution in [2.45, 2.75) is 13.8 Å². The van der Waals surface area contributed by atoms with Gasteiger partial charge in [0, 0.05) is 394 Å². The number of aryl methyl sites for hydroxylation is 2. The first-order chi connectivity index (χ1) is 31.6. The second-order valence-electron chi connectivity index (χ2n) is 8.25. The molecule has 0 aliphatic carbocycles. The van der Waals surface area contributed by atoms with E-state index >= 15 is 0 Å². The van der Waals surface area contributed by atoms with E-state index in [2.05, 4.69) is 82.7 Å². The van der Waals surface area contributed by atoms with E-state index in [4.69, 9.17) is 27.4 Å². The number of hydrogen-bond acceptors (Lipinski definition) is 3. The fraction of sp³-hybridized carbons (Fsp3) is 0.105. The Kier molecular flexibility index (Phi) is 48.4. The Bertz CT molecular complexity index is 4110. The fourth-order valence-corrected chi connectivity index (χ4v) is 108. The molecule has 0 radical (unpaired) electrons. The van der Waals surface area contributed by atoms with Gasteiger partial charge in [-0.15, -0.1) is 0 Å². The van der Waals surface area contributed by atoms with E-state index in [-0.39, 0.29) is 0 Å². The van der Waals surface area contributed by atoms with Crippen LogP contribution in [0.3, 0.4) is 0 Å². The largest absolute Gasteiger partial charge is 0.295 e. The number of aromatic nitrogens is 2. The summed E-state index contributed by atoms with van der Waals surface area (Å²) in [7, 11) is 71.1. The Morgan fingerprint density at radius 2 is 0.641 bits per heavy atom. The molecule has 0 unspecified atom stereocenters. The van der Waals surface area contributed by atoms with Crippen molar-refractivity contribution in [1.82, 2.24) is 9.38 Å². The molecule has 4 aromatic rings. The van der Waals surface area contributed by atoms with Crippen LogP contribution < -0.4 is 0 Å². The summed E-state index contributed by atoms with van der Waals surface area (Å²) >= 11 is 13.3. The van der Waals surface area contributed by atoms with Crippen LogP contribution in [0.4, 0.5) is 0 Å². The summed E-state index contributed by atoms with van der Waals surface area (Å²) < 4.78 is 3.15. The Hall–Kier alpha value is 7.11. The summed E-state index contributed by atoms with van der Waals surface area (Å²) in [5.74, 6) is 0. The quantitative estimate of drug-likeness (QED) is 0.254. The van der Waals surface area contributed by atoms with Gasteiger partial charge in [-0.25, -0.2) is 4.98 Å². The molecule has 4 rings (SSSR count). The van der Waals surface area contributed by atoms with Crippen molar-refractivity contribution >= 4 is 410 Å². The topological polar surface area (TPSA) is 17.3 Å². The highest BCUT2D eigenvalue weighted by Crippen LogP contribution is 2.35. The second kappa shape index (κ2) is 47.3. The van der Waals surface area contributed by atoms with Crippen molar-refractivity contribution in [2.75, 3.05) is 0 Å². The molecule has 0 saturated heterocycles. The maximum Gasteiger partial charge on any atom is 0.146 e. The molecule has 2 aromatic carbocycles. The van der Waals surface area contributed by atoms with Crippen molar-refractivity contribution in [1.29, 1.82) is 0 Å². The Morgan fingerprint density at radius 3 is 0.938 bits per heavy atom. The van der Waals surface area contributed by atoms with Crippen LogP contribution in [0.25, 0.3) is 27.7 Å². The number of nitrogens with zero attached hydrogens (tertiary/aromatic N) is 2. The zero-order valence-electron chi connectivity index (χ0n) is 29.6. The maximum atomic E-state index is 4.80. The van der Waals surface area contributed by atoms with Crippen LogP contribution in [0.2, 0.25) is 0 Å². The van der Waals surface area contributed by atoms with Crippen LogP contribution in [0.5, 0.6) is 0 Å². The fourth-order valence-electron chi connectivity index (χ4n) is 3.54. The molecule has 45 heteroatoms. The molecule has 0 aliphatic rings. The van der Waals surface area contributed by atoms with Crippen molar-refractivity contribution < 1.29 is 0 Å². The average molecular weight is 1700 g/mol. The Balaban J connectivity index is 0.000000406. The lowest BCUT2D eigenvalue weighted by molar-refractivity contribution is 1.08. The average Bonchev–Trinajstić information content (AvgIpc) is 3.68. The molecule has 0 atom stereocenters. The first kappa shape index (κ1) is 65.4. The van der Waals surface area contributed by atoms with Gasteiger partial charge in [-0.3, -0.25) is 4.40 Å². The van der Waals surface area contributed by atoms with E-state index in [9.17, 15) is 0 Å². The smallest absolute Gasteiger partial charge is 0.146 e. The van der Waals surface area contributed by atoms with Crippen LogP contribution in [-0.4, -0.2) is 9.38 Å². The van der Waals surface area contributed by atoms with E-state index in [1.54, 1.807) is 107 Å². The minimum Gasteiger partial charge on any atom is -0.295 e. The minimum atomic E-state index is 0.887. The molecule has 0 spiro atoms. The molecule has 0 amide bonds. The molecule has 0 bridgehead atoms. The van der Waals surface area contributed by atoms with Gasteiger partial charge < -0.3 is 0 Å². The van der Waals surface area contributed by atoms with E-state index in [0.717, 1.165) is 15.9 Å². The zero-order chi connectivity index (χ0) is 45.6. The number of hydrogen-bond donors (Lipinski definition) is 0. The SMILES string of the molecule is Cc1c(C)n2c(-c3ccccc3)c(Br)nc2c2ccccc12.S=S=S=S=S=S=S=S=S=S=S=S=S=S=S=S=S=S=S=S=S=S=S=S=S=S=S=S=S=S=S=S=S=S=S=S=S=S=S=S=S=S. The summed E-state index contributed by atoms with van der Waals surface area (Å²) in [6.45, 7) is 4.34. The van der Waals surface area contributed by atoms with Crippen LogP contribution in [0.15, 0.2) is 59.2 Å². The molecule has 0 N–H and O–H groups in total. The monoisotopic (exact) mass is 1690 g/mol. The first-order valence-electron chi connectivity index (χ1n) is 14.1. The van der Waals surface area contributed by atoms with Gasteiger partial charge in [0.2, 0.25) is 0 Å². The summed E-state index contributed by atoms with van der Waals surface area (Å²) in [6, 6.07) is 18.9. The summed E-state index contributed by atoms with van der Waals surface area (Å²) in [5.41, 5.74) is 5.81. The molecule has 360 valence electrons. The van der Waals surface area contributed by atoms with Crippen LogP contribution in [0, 0.1) is 13.8 Å². The van der Waals surface area contributed by atoms with Crippen molar-refractivity contribution in [2.24, 2.45) is 0 Å². The third-order valence-electron chi connectivity index (χ3n) is 5.42. The van der Waals surface area contributed by atoms with Gasteiger partial charge in [0.25, 0.3) is 0 Å². The molecular weight excluding hydrogens is 1680 g/mol. The lowest BCUT2D eigenvalue weighted by Crippen LogP contribution is -1.99. The maximum absolute atomic E-state index is 4.80. The number of fused-ring (bicyclic) bond motifs is 3. The highest BCUT2D eigenvalue weighted by molar-refractivity contribution is 9.10. The molecule has 2 nitrogen and oxygen atoms in total. The molecular formula is C19H15BrN2S42. The number of imidazole rings is 1. The lowest BCUT2D eigenvalue weighted by atomic mass is 10.0. The molecule has 0 aliphatic heterocycles. The molecule has 0 saturated carbocycles. The first-order valence-corrected chi connectivity index (χ1v) is 69.6. The van der Waals surface area contributed by atoms with Gasteiger partial charge in [-0.2, -0.15) is 0 Å². The summed E-state index contributed by atoms with van der Waals surface area (Å²) in [6.07, 6.45) is 0. The van der Waals surface area contributed by atoms with Gasteiger partial charge in [-0.05, 0) is 40.7 Å². The van der Waals surface area contributed by atoms with Gasteiger partial charge in [-0.1, -0.05) is 54.6 Å². The molecule has 2 aromatic heterocycles. The Morgan fingerprint density at radius 1 is 0.375 bits per heavy atom. The molecule has 2 heterocycles. The number of halogens is 1. The van der Waals surface area contributed by atoms with Crippen LogP contribution in [0.1, 0.15) is 11.3 Å². The van der Waals surface area contributed by atoms with Gasteiger partial charge in [0.15, 0.2) is 0 Å². The van der Waals surface area contributed by atoms with Crippen molar-refractivity contribution in [3.63, 3.8) is 0 Å². The third kappa shape index (κ3) is 31.4. The zero-order valence-corrected chi connectivity index (χ0v) is 65.5. The number of pyridine rings is 1. The van der Waals surface area contributed by atoms with Crippen molar-refractivity contribution in [3.05, 3.63) is 70.5 Å². The second-order valence-corrected chi connectivity index (χ2v) is 79.8. The van der Waals surface area contributed by atoms with Crippen molar-refractivity contribution in [3.8, 4) is 11.3 Å². The molecule has 64 heavy (non-hydrogen) atoms. The number of benzene rings is 2. The highest BCUT2D eigenvalue weighted by Gasteiger charge is 2.17.